The van der Waals surface area contributed by atoms with Crippen LogP contribution in [0.4, 0.5) is 0 Å². The highest BCUT2D eigenvalue weighted by Gasteiger charge is 2.45. The van der Waals surface area contributed by atoms with Gasteiger partial charge in [0.05, 0.1) is 17.4 Å². The lowest BCUT2D eigenvalue weighted by Crippen LogP contribution is -2.51. The molecule has 0 bridgehead atoms. The number of pyridine rings is 1. The first-order valence-electron chi connectivity index (χ1n) is 13.1. The van der Waals surface area contributed by atoms with E-state index in [9.17, 15) is 8.42 Å². The number of hydrogen-bond donors (Lipinski definition) is 0. The zero-order chi connectivity index (χ0) is 27.2. The average molecular weight is 546 g/mol. The van der Waals surface area contributed by atoms with E-state index in [4.69, 9.17) is 9.40 Å². The van der Waals surface area contributed by atoms with Crippen LogP contribution in [0.25, 0.3) is 33.3 Å². The summed E-state index contributed by atoms with van der Waals surface area (Å²) in [5, 5.41) is 0.760. The molecule has 0 aliphatic heterocycles. The lowest BCUT2D eigenvalue weighted by Gasteiger charge is -2.44. The van der Waals surface area contributed by atoms with Crippen molar-refractivity contribution in [2.24, 2.45) is 0 Å². The van der Waals surface area contributed by atoms with Gasteiger partial charge < -0.3 is 8.65 Å². The molecule has 5 aromatic rings. The lowest BCUT2D eigenvalue weighted by molar-refractivity contribution is 0.568. The van der Waals surface area contributed by atoms with Crippen LogP contribution in [0.15, 0.2) is 95.2 Å². The first kappa shape index (κ1) is 26.3. The summed E-state index contributed by atoms with van der Waals surface area (Å²) in [6, 6.07) is 14.5. The molecule has 0 saturated heterocycles. The van der Waals surface area contributed by atoms with E-state index in [2.05, 4.69) is 64.2 Å². The summed E-state index contributed by atoms with van der Waals surface area (Å²) in [7, 11) is -5.71. The Labute approximate surface area is 226 Å². The summed E-state index contributed by atoms with van der Waals surface area (Å²) < 4.78 is 36.3. The molecule has 6 nitrogen and oxygen atoms in total. The molecule has 0 saturated carbocycles. The number of fused-ring (bicyclic) bond motifs is 1. The van der Waals surface area contributed by atoms with Crippen molar-refractivity contribution >= 4 is 29.3 Å². The highest BCUT2D eigenvalue weighted by molar-refractivity contribution is 7.90. The molecule has 0 amide bonds. The van der Waals surface area contributed by atoms with E-state index < -0.39 is 18.3 Å². The number of hydrogen-bond acceptors (Lipinski definition) is 4. The Balaban J connectivity index is 1.68. The number of aromatic nitrogens is 3. The maximum absolute atomic E-state index is 13.6. The minimum Gasteiger partial charge on any atom is -0.472 e. The summed E-state index contributed by atoms with van der Waals surface area (Å²) >= 11 is 0. The smallest absolute Gasteiger partial charge is 0.269 e. The number of furan rings is 1. The molecular formula is C30H35N3O3SSi. The number of benzene rings is 1. The van der Waals surface area contributed by atoms with Crippen LogP contribution in [-0.2, 0) is 10.0 Å². The Morgan fingerprint density at radius 3 is 2.13 bits per heavy atom. The molecule has 0 fully saturated rings. The van der Waals surface area contributed by atoms with Crippen molar-refractivity contribution in [1.82, 2.24) is 13.2 Å². The fourth-order valence-corrected chi connectivity index (χ4v) is 14.3. The summed E-state index contributed by atoms with van der Waals surface area (Å²) in [5.74, 6) is 0. The van der Waals surface area contributed by atoms with Crippen molar-refractivity contribution in [2.45, 2.75) is 63.1 Å². The molecule has 4 heterocycles. The standard InChI is InChI=1S/C30H35N3O3SSi/c1-21(2)38(22(3)4,23(5)6)32-14-12-24(18-32)26-16-28-29(25-13-15-36-20-25)19-33(30(28)31-17-26)37(34,35)27-10-8-7-9-11-27/h7-23H,1-6H3. The molecule has 0 N–H and O–H groups in total. The zero-order valence-corrected chi connectivity index (χ0v) is 24.6. The van der Waals surface area contributed by atoms with Crippen LogP contribution in [-0.4, -0.2) is 29.8 Å². The Morgan fingerprint density at radius 1 is 0.842 bits per heavy atom. The molecule has 38 heavy (non-hydrogen) atoms. The lowest BCUT2D eigenvalue weighted by atomic mass is 10.1. The molecule has 0 atom stereocenters. The van der Waals surface area contributed by atoms with Gasteiger partial charge in [-0.3, -0.25) is 0 Å². The van der Waals surface area contributed by atoms with Crippen LogP contribution in [0.3, 0.4) is 0 Å². The first-order valence-corrected chi connectivity index (χ1v) is 16.7. The normalized spacial score (nSPS) is 12.9. The van der Waals surface area contributed by atoms with Crippen LogP contribution in [0.2, 0.25) is 16.6 Å². The largest absolute Gasteiger partial charge is 0.472 e. The highest BCUT2D eigenvalue weighted by Crippen LogP contribution is 2.43. The fraction of sp³-hybridized carbons (Fsp3) is 0.300. The Morgan fingerprint density at radius 2 is 1.53 bits per heavy atom. The van der Waals surface area contributed by atoms with Gasteiger partial charge >= 0.3 is 0 Å². The Bertz CT molecular complexity index is 1640. The zero-order valence-electron chi connectivity index (χ0n) is 22.8. The molecule has 198 valence electrons. The maximum atomic E-state index is 13.6. The van der Waals surface area contributed by atoms with Gasteiger partial charge in [-0.1, -0.05) is 59.7 Å². The van der Waals surface area contributed by atoms with Crippen LogP contribution in [0, 0.1) is 0 Å². The van der Waals surface area contributed by atoms with E-state index in [0.717, 1.165) is 27.6 Å². The molecule has 5 rings (SSSR count). The average Bonchev–Trinajstić information content (AvgIpc) is 3.64. The molecule has 4 aromatic heterocycles. The van der Waals surface area contributed by atoms with Crippen LogP contribution >= 0.6 is 0 Å². The van der Waals surface area contributed by atoms with E-state index in [1.165, 1.54) is 3.97 Å². The number of nitrogens with zero attached hydrogens (tertiary/aromatic N) is 3. The van der Waals surface area contributed by atoms with Gasteiger partial charge in [0, 0.05) is 46.2 Å². The van der Waals surface area contributed by atoms with Crippen LogP contribution in [0.5, 0.6) is 0 Å². The minimum absolute atomic E-state index is 0.218. The van der Waals surface area contributed by atoms with Crippen molar-refractivity contribution in [3.8, 4) is 22.3 Å². The van der Waals surface area contributed by atoms with E-state index in [1.807, 2.05) is 12.1 Å². The summed E-state index contributed by atoms with van der Waals surface area (Å²) in [6.45, 7) is 14.1. The van der Waals surface area contributed by atoms with Gasteiger partial charge in [-0.25, -0.2) is 17.4 Å². The maximum Gasteiger partial charge on any atom is 0.269 e. The SMILES string of the molecule is CC(C)[Si](C(C)C)(C(C)C)n1ccc(-c2cnc3c(c2)c(-c2ccoc2)cn3S(=O)(=O)c2ccccc2)c1. The quantitative estimate of drug-likeness (QED) is 0.185. The van der Waals surface area contributed by atoms with Gasteiger partial charge in [0.15, 0.2) is 13.9 Å². The van der Waals surface area contributed by atoms with E-state index >= 15 is 0 Å². The molecule has 0 spiro atoms. The molecule has 8 heteroatoms. The third kappa shape index (κ3) is 4.07. The van der Waals surface area contributed by atoms with Gasteiger partial charge in [0.25, 0.3) is 10.0 Å². The second-order valence-electron chi connectivity index (χ2n) is 10.9. The fourth-order valence-electron chi connectivity index (χ4n) is 6.48. The van der Waals surface area contributed by atoms with Crippen molar-refractivity contribution in [2.75, 3.05) is 0 Å². The van der Waals surface area contributed by atoms with Crippen molar-refractivity contribution in [3.63, 3.8) is 0 Å². The van der Waals surface area contributed by atoms with Crippen LogP contribution in [0.1, 0.15) is 41.5 Å². The molecule has 0 aliphatic rings. The molecule has 0 unspecified atom stereocenters. The predicted octanol–water partition coefficient (Wildman–Crippen LogP) is 8.03. The minimum atomic E-state index is -3.83. The first-order chi connectivity index (χ1) is 18.1. The number of rotatable bonds is 8. The third-order valence-electron chi connectivity index (χ3n) is 7.99. The third-order valence-corrected chi connectivity index (χ3v) is 16.4. The highest BCUT2D eigenvalue weighted by atomic mass is 32.2. The van der Waals surface area contributed by atoms with Gasteiger partial charge in [0.2, 0.25) is 0 Å². The van der Waals surface area contributed by atoms with Gasteiger partial charge in [-0.2, -0.15) is 0 Å². The van der Waals surface area contributed by atoms with Gasteiger partial charge in [-0.05, 0) is 53.2 Å². The predicted molar refractivity (Wildman–Crippen MR) is 156 cm³/mol. The molecule has 1 aromatic carbocycles. The van der Waals surface area contributed by atoms with Crippen molar-refractivity contribution in [3.05, 3.63) is 85.8 Å². The summed E-state index contributed by atoms with van der Waals surface area (Å²) in [6.07, 6.45) is 11.1. The topological polar surface area (TPSA) is 70.0 Å². The van der Waals surface area contributed by atoms with Gasteiger partial charge in [-0.15, -0.1) is 0 Å². The van der Waals surface area contributed by atoms with E-state index in [1.54, 1.807) is 55.3 Å². The summed E-state index contributed by atoms with van der Waals surface area (Å²) in [5.41, 5.74) is 5.72. The van der Waals surface area contributed by atoms with Crippen LogP contribution < -0.4 is 0 Å². The van der Waals surface area contributed by atoms with E-state index in [-0.39, 0.29) is 4.90 Å². The van der Waals surface area contributed by atoms with Crippen molar-refractivity contribution < 1.29 is 12.8 Å². The second-order valence-corrected chi connectivity index (χ2v) is 18.5. The molecular weight excluding hydrogens is 511 g/mol. The van der Waals surface area contributed by atoms with Gasteiger partial charge in [0.1, 0.15) is 0 Å². The Hall–Kier alpha value is -3.36. The van der Waals surface area contributed by atoms with Crippen molar-refractivity contribution in [1.29, 1.82) is 0 Å². The monoisotopic (exact) mass is 545 g/mol. The summed E-state index contributed by atoms with van der Waals surface area (Å²) in [4.78, 5) is 4.93. The molecule has 0 radical (unpaired) electrons. The molecule has 0 aliphatic carbocycles. The second kappa shape index (κ2) is 9.74. The van der Waals surface area contributed by atoms with E-state index in [0.29, 0.717) is 22.3 Å². The Kier molecular flexibility index (Phi) is 6.73.